The third kappa shape index (κ3) is 2.31. The smallest absolute Gasteiger partial charge is 0.0132 e. The van der Waals surface area contributed by atoms with E-state index < -0.39 is 0 Å². The van der Waals surface area contributed by atoms with Crippen molar-refractivity contribution in [3.8, 4) is 0 Å². The van der Waals surface area contributed by atoms with Gasteiger partial charge in [-0.3, -0.25) is 0 Å². The second-order valence-corrected chi connectivity index (χ2v) is 4.73. The topological polar surface area (TPSA) is 0 Å². The second-order valence-electron chi connectivity index (χ2n) is 4.73. The van der Waals surface area contributed by atoms with E-state index in [0.717, 1.165) is 5.92 Å². The van der Waals surface area contributed by atoms with E-state index >= 15 is 0 Å². The highest BCUT2D eigenvalue weighted by Crippen LogP contribution is 2.34. The molecule has 0 aromatic carbocycles. The van der Waals surface area contributed by atoms with Crippen LogP contribution in [0.1, 0.15) is 26.7 Å². The van der Waals surface area contributed by atoms with Crippen molar-refractivity contribution >= 4 is 0 Å². The minimum Gasteiger partial charge on any atom is -0.0840 e. The normalized spacial score (nSPS) is 31.5. The van der Waals surface area contributed by atoms with Crippen molar-refractivity contribution in [3.05, 3.63) is 48.1 Å². The van der Waals surface area contributed by atoms with Crippen LogP contribution in [0.4, 0.5) is 0 Å². The van der Waals surface area contributed by atoms with Crippen LogP contribution >= 0.6 is 0 Å². The van der Waals surface area contributed by atoms with Crippen LogP contribution in [0, 0.1) is 17.8 Å². The van der Waals surface area contributed by atoms with Gasteiger partial charge in [0.1, 0.15) is 0 Å². The van der Waals surface area contributed by atoms with Crippen LogP contribution in [0.3, 0.4) is 0 Å². The highest BCUT2D eigenvalue weighted by atomic mass is 14.3. The Hall–Kier alpha value is -1.04. The third-order valence-electron chi connectivity index (χ3n) is 3.67. The number of hydrogen-bond acceptors (Lipinski definition) is 0. The Bertz CT molecular complexity index is 328. The Morgan fingerprint density at radius 1 is 1.13 bits per heavy atom. The van der Waals surface area contributed by atoms with Crippen LogP contribution in [0.2, 0.25) is 0 Å². The standard InChI is InChI=1S/C15H20/c1-12-8-6-7-11-15(12)13(2)14-9-4-3-5-10-14/h3-7,9,11-14H,8,10H2,1-2H3. The summed E-state index contributed by atoms with van der Waals surface area (Å²) in [6, 6.07) is 0. The van der Waals surface area contributed by atoms with Crippen molar-refractivity contribution in [3.63, 3.8) is 0 Å². The van der Waals surface area contributed by atoms with Crippen LogP contribution in [0.25, 0.3) is 0 Å². The fourth-order valence-corrected chi connectivity index (χ4v) is 2.58. The Kier molecular flexibility index (Phi) is 3.25. The first kappa shape index (κ1) is 10.5. The van der Waals surface area contributed by atoms with Crippen molar-refractivity contribution in [2.45, 2.75) is 26.7 Å². The van der Waals surface area contributed by atoms with Gasteiger partial charge < -0.3 is 0 Å². The molecule has 0 nitrogen and oxygen atoms in total. The largest absolute Gasteiger partial charge is 0.0840 e. The van der Waals surface area contributed by atoms with Crippen LogP contribution in [-0.4, -0.2) is 0 Å². The van der Waals surface area contributed by atoms with Crippen LogP contribution in [0.15, 0.2) is 48.1 Å². The predicted molar refractivity (Wildman–Crippen MR) is 66.6 cm³/mol. The van der Waals surface area contributed by atoms with Gasteiger partial charge in [-0.25, -0.2) is 0 Å². The van der Waals surface area contributed by atoms with Crippen molar-refractivity contribution in [2.75, 3.05) is 0 Å². The summed E-state index contributed by atoms with van der Waals surface area (Å²) in [6.07, 6.45) is 18.2. The molecule has 2 aliphatic rings. The molecule has 15 heavy (non-hydrogen) atoms. The summed E-state index contributed by atoms with van der Waals surface area (Å²) in [6.45, 7) is 4.71. The van der Waals surface area contributed by atoms with Gasteiger partial charge >= 0.3 is 0 Å². The maximum Gasteiger partial charge on any atom is -0.0132 e. The minimum atomic E-state index is 0.686. The van der Waals surface area contributed by atoms with E-state index in [9.17, 15) is 0 Å². The lowest BCUT2D eigenvalue weighted by Crippen LogP contribution is -2.17. The van der Waals surface area contributed by atoms with Crippen molar-refractivity contribution in [2.24, 2.45) is 17.8 Å². The zero-order valence-electron chi connectivity index (χ0n) is 9.69. The molecule has 0 amide bonds. The molecule has 0 spiro atoms. The Labute approximate surface area is 93.1 Å². The minimum absolute atomic E-state index is 0.686. The molecule has 80 valence electrons. The first-order valence-corrected chi connectivity index (χ1v) is 5.99. The van der Waals surface area contributed by atoms with Gasteiger partial charge in [0.15, 0.2) is 0 Å². The number of allylic oxidation sites excluding steroid dienone is 8. The summed E-state index contributed by atoms with van der Waals surface area (Å²) in [7, 11) is 0. The Balaban J connectivity index is 2.09. The highest BCUT2D eigenvalue weighted by molar-refractivity contribution is 5.25. The van der Waals surface area contributed by atoms with Gasteiger partial charge in [0, 0.05) is 0 Å². The van der Waals surface area contributed by atoms with Gasteiger partial charge in [0.25, 0.3) is 0 Å². The Morgan fingerprint density at radius 2 is 1.93 bits per heavy atom. The van der Waals surface area contributed by atoms with Gasteiger partial charge in [-0.15, -0.1) is 0 Å². The molecule has 0 bridgehead atoms. The lowest BCUT2D eigenvalue weighted by atomic mass is 9.76. The molecule has 2 rings (SSSR count). The quantitative estimate of drug-likeness (QED) is 0.624. The number of hydrogen-bond donors (Lipinski definition) is 0. The van der Waals surface area contributed by atoms with Crippen LogP contribution < -0.4 is 0 Å². The predicted octanol–water partition coefficient (Wildman–Crippen LogP) is 4.28. The fraction of sp³-hybridized carbons (Fsp3) is 0.467. The zero-order valence-corrected chi connectivity index (χ0v) is 9.69. The fourth-order valence-electron chi connectivity index (χ4n) is 2.58. The van der Waals surface area contributed by atoms with E-state index in [1.165, 1.54) is 12.8 Å². The highest BCUT2D eigenvalue weighted by Gasteiger charge is 2.22. The second kappa shape index (κ2) is 4.65. The molecular formula is C15H20. The van der Waals surface area contributed by atoms with Crippen molar-refractivity contribution < 1.29 is 0 Å². The summed E-state index contributed by atoms with van der Waals surface area (Å²) in [5.41, 5.74) is 1.63. The van der Waals surface area contributed by atoms with Gasteiger partial charge in [-0.05, 0) is 30.6 Å². The molecule has 0 N–H and O–H groups in total. The van der Waals surface area contributed by atoms with E-state index in [1.54, 1.807) is 5.57 Å². The SMILES string of the molecule is CC1CC=CC=C1C(C)C1C=CC=CC1. The first-order valence-electron chi connectivity index (χ1n) is 5.99. The van der Waals surface area contributed by atoms with Gasteiger partial charge in [-0.2, -0.15) is 0 Å². The summed E-state index contributed by atoms with van der Waals surface area (Å²) in [4.78, 5) is 0. The van der Waals surface area contributed by atoms with Crippen LogP contribution in [0.5, 0.6) is 0 Å². The van der Waals surface area contributed by atoms with Gasteiger partial charge in [-0.1, -0.05) is 62.0 Å². The van der Waals surface area contributed by atoms with Crippen LogP contribution in [-0.2, 0) is 0 Å². The van der Waals surface area contributed by atoms with E-state index in [2.05, 4.69) is 56.4 Å². The summed E-state index contributed by atoms with van der Waals surface area (Å²) >= 11 is 0. The van der Waals surface area contributed by atoms with Gasteiger partial charge in [0.2, 0.25) is 0 Å². The zero-order chi connectivity index (χ0) is 10.7. The molecule has 2 aliphatic carbocycles. The van der Waals surface area contributed by atoms with Crippen molar-refractivity contribution in [1.29, 1.82) is 0 Å². The lowest BCUT2D eigenvalue weighted by molar-refractivity contribution is 0.441. The molecule has 0 aliphatic heterocycles. The van der Waals surface area contributed by atoms with Gasteiger partial charge in [0.05, 0.1) is 0 Å². The third-order valence-corrected chi connectivity index (χ3v) is 3.67. The summed E-state index contributed by atoms with van der Waals surface area (Å²) in [5.74, 6) is 2.12. The van der Waals surface area contributed by atoms with E-state index in [0.29, 0.717) is 11.8 Å². The molecular weight excluding hydrogens is 180 g/mol. The number of rotatable bonds is 2. The molecule has 0 aromatic rings. The Morgan fingerprint density at radius 3 is 2.60 bits per heavy atom. The maximum absolute atomic E-state index is 2.37. The molecule has 0 aromatic heterocycles. The molecule has 3 unspecified atom stereocenters. The van der Waals surface area contributed by atoms with E-state index in [4.69, 9.17) is 0 Å². The molecule has 0 heterocycles. The monoisotopic (exact) mass is 200 g/mol. The maximum atomic E-state index is 2.37. The van der Waals surface area contributed by atoms with Crippen molar-refractivity contribution in [1.82, 2.24) is 0 Å². The average Bonchev–Trinajstić information content (AvgIpc) is 2.30. The molecule has 0 heteroatoms. The molecule has 0 saturated carbocycles. The molecule has 0 radical (unpaired) electrons. The first-order chi connectivity index (χ1) is 7.29. The average molecular weight is 200 g/mol. The summed E-state index contributed by atoms with van der Waals surface area (Å²) < 4.78 is 0. The molecule has 0 saturated heterocycles. The van der Waals surface area contributed by atoms with E-state index in [-0.39, 0.29) is 0 Å². The lowest BCUT2D eigenvalue weighted by Gasteiger charge is -2.29. The molecule has 0 fully saturated rings. The summed E-state index contributed by atoms with van der Waals surface area (Å²) in [5, 5.41) is 0. The van der Waals surface area contributed by atoms with E-state index in [1.807, 2.05) is 0 Å². The molecule has 3 atom stereocenters.